The first-order valence-electron chi connectivity index (χ1n) is 9.46. The van der Waals surface area contributed by atoms with Crippen LogP contribution in [-0.2, 0) is 15.0 Å². The highest BCUT2D eigenvalue weighted by atomic mass is 19.1. The van der Waals surface area contributed by atoms with E-state index in [4.69, 9.17) is 6.42 Å². The number of aryl methyl sites for hydroxylation is 1. The number of benzene rings is 2. The van der Waals surface area contributed by atoms with Gasteiger partial charge < -0.3 is 5.32 Å². The van der Waals surface area contributed by atoms with E-state index in [9.17, 15) is 14.0 Å². The van der Waals surface area contributed by atoms with Crippen molar-refractivity contribution in [3.05, 3.63) is 71.2 Å². The number of nitrogens with zero attached hydrogens (tertiary/aromatic N) is 3. The van der Waals surface area contributed by atoms with Crippen LogP contribution in [0.4, 0.5) is 15.9 Å². The number of hydrogen-bond donors (Lipinski definition) is 1. The van der Waals surface area contributed by atoms with E-state index in [0.717, 1.165) is 11.1 Å². The summed E-state index contributed by atoms with van der Waals surface area (Å²) < 4.78 is 15.2. The van der Waals surface area contributed by atoms with E-state index in [1.165, 1.54) is 21.7 Å². The Morgan fingerprint density at radius 1 is 1.23 bits per heavy atom. The molecule has 2 amide bonds. The summed E-state index contributed by atoms with van der Waals surface area (Å²) in [7, 11) is 0. The maximum Gasteiger partial charge on any atom is 0.243 e. The Hall–Kier alpha value is -3.92. The Bertz CT molecular complexity index is 1270. The number of halogens is 1. The summed E-state index contributed by atoms with van der Waals surface area (Å²) in [5.41, 5.74) is 2.20. The molecular formula is C23H17FN4O2. The molecule has 0 unspecified atom stereocenters. The Balaban J connectivity index is 1.78. The second kappa shape index (κ2) is 6.29. The zero-order valence-corrected chi connectivity index (χ0v) is 16.1. The van der Waals surface area contributed by atoms with Crippen molar-refractivity contribution < 1.29 is 14.0 Å². The van der Waals surface area contributed by atoms with Crippen molar-refractivity contribution in [3.63, 3.8) is 0 Å². The highest BCUT2D eigenvalue weighted by molar-refractivity contribution is 6.16. The molecule has 0 radical (unpaired) electrons. The largest absolute Gasteiger partial charge is 0.310 e. The summed E-state index contributed by atoms with van der Waals surface area (Å²) in [5, 5.41) is 7.21. The molecule has 1 atom stereocenters. The maximum atomic E-state index is 13.8. The third-order valence-corrected chi connectivity index (χ3v) is 5.73. The second-order valence-corrected chi connectivity index (χ2v) is 7.54. The maximum absolute atomic E-state index is 13.8. The van der Waals surface area contributed by atoms with Crippen molar-refractivity contribution in [2.24, 2.45) is 0 Å². The van der Waals surface area contributed by atoms with Crippen LogP contribution < -0.4 is 10.2 Å². The third kappa shape index (κ3) is 2.34. The van der Waals surface area contributed by atoms with Crippen molar-refractivity contribution in [3.8, 4) is 18.0 Å². The fourth-order valence-electron chi connectivity index (χ4n) is 4.46. The van der Waals surface area contributed by atoms with E-state index in [0.29, 0.717) is 22.8 Å². The zero-order valence-electron chi connectivity index (χ0n) is 16.1. The number of carbonyl (C=O) groups excluding carboxylic acids is 2. The lowest BCUT2D eigenvalue weighted by Crippen LogP contribution is -2.46. The van der Waals surface area contributed by atoms with Gasteiger partial charge in [0.25, 0.3) is 0 Å². The number of amides is 2. The monoisotopic (exact) mass is 400 g/mol. The smallest absolute Gasteiger partial charge is 0.243 e. The molecule has 148 valence electrons. The summed E-state index contributed by atoms with van der Waals surface area (Å²) >= 11 is 0. The van der Waals surface area contributed by atoms with Crippen molar-refractivity contribution >= 4 is 23.3 Å². The fourth-order valence-corrected chi connectivity index (χ4v) is 4.46. The molecule has 3 aromatic rings. The molecule has 2 aliphatic rings. The van der Waals surface area contributed by atoms with Gasteiger partial charge in [-0.05, 0) is 36.8 Å². The summed E-state index contributed by atoms with van der Waals surface area (Å²) in [5.74, 6) is 1.90. The molecule has 7 heteroatoms. The number of hydrogen-bond acceptors (Lipinski definition) is 3. The van der Waals surface area contributed by atoms with Gasteiger partial charge in [-0.1, -0.05) is 29.7 Å². The van der Waals surface area contributed by atoms with Crippen LogP contribution in [0.5, 0.6) is 0 Å². The summed E-state index contributed by atoms with van der Waals surface area (Å²) in [6.45, 7) is 2.04. The fraction of sp³-hybridized carbons (Fsp3) is 0.174. The summed E-state index contributed by atoms with van der Waals surface area (Å²) in [6, 6.07) is 11.6. The number of carbonyl (C=O) groups is 2. The molecule has 3 heterocycles. The van der Waals surface area contributed by atoms with Crippen LogP contribution in [0.3, 0.4) is 0 Å². The molecule has 1 aromatic heterocycles. The number of terminal acetylenes is 1. The van der Waals surface area contributed by atoms with Crippen LogP contribution in [0.25, 0.3) is 5.69 Å². The van der Waals surface area contributed by atoms with Gasteiger partial charge in [-0.15, -0.1) is 6.42 Å². The number of fused-ring (bicyclic) bond motifs is 4. The SMILES string of the molecule is C#CCN1C(=O)[C@@]2(CC(=O)Nc3c2cnn3-c2cccc(F)c2)c2cc(C)ccc21. The first-order valence-corrected chi connectivity index (χ1v) is 9.46. The molecule has 1 spiro atoms. The van der Waals surface area contributed by atoms with Gasteiger partial charge >= 0.3 is 0 Å². The Kier molecular flexibility index (Phi) is 3.80. The minimum Gasteiger partial charge on any atom is -0.310 e. The van der Waals surface area contributed by atoms with Gasteiger partial charge in [0.1, 0.15) is 17.1 Å². The van der Waals surface area contributed by atoms with Gasteiger partial charge in [0.05, 0.1) is 18.4 Å². The average Bonchev–Trinajstić information content (AvgIpc) is 3.23. The molecule has 30 heavy (non-hydrogen) atoms. The first-order chi connectivity index (χ1) is 14.5. The Morgan fingerprint density at radius 2 is 2.07 bits per heavy atom. The molecule has 0 aliphatic carbocycles. The van der Waals surface area contributed by atoms with Gasteiger partial charge in [0.15, 0.2) is 0 Å². The van der Waals surface area contributed by atoms with Crippen LogP contribution in [0.1, 0.15) is 23.1 Å². The topological polar surface area (TPSA) is 67.2 Å². The minimum atomic E-state index is -1.22. The van der Waals surface area contributed by atoms with Crippen molar-refractivity contribution in [2.75, 3.05) is 16.8 Å². The van der Waals surface area contributed by atoms with Gasteiger partial charge in [0, 0.05) is 17.7 Å². The number of aromatic nitrogens is 2. The van der Waals surface area contributed by atoms with E-state index < -0.39 is 11.2 Å². The van der Waals surface area contributed by atoms with Crippen LogP contribution in [0.2, 0.25) is 0 Å². The summed E-state index contributed by atoms with van der Waals surface area (Å²) in [6.07, 6.45) is 7.04. The van der Waals surface area contributed by atoms with E-state index in [1.54, 1.807) is 18.3 Å². The molecule has 0 saturated carbocycles. The van der Waals surface area contributed by atoms with Crippen molar-refractivity contribution in [1.29, 1.82) is 0 Å². The molecule has 2 aliphatic heterocycles. The zero-order chi connectivity index (χ0) is 21.0. The predicted octanol–water partition coefficient (Wildman–Crippen LogP) is 2.93. The van der Waals surface area contributed by atoms with Gasteiger partial charge in [-0.25, -0.2) is 9.07 Å². The number of rotatable bonds is 2. The normalized spacial score (nSPS) is 19.4. The third-order valence-electron chi connectivity index (χ3n) is 5.73. The van der Waals surface area contributed by atoms with Crippen LogP contribution >= 0.6 is 0 Å². The van der Waals surface area contributed by atoms with Gasteiger partial charge in [0.2, 0.25) is 11.8 Å². The van der Waals surface area contributed by atoms with Crippen molar-refractivity contribution in [2.45, 2.75) is 18.8 Å². The number of anilines is 2. The first kappa shape index (κ1) is 18.1. The molecule has 0 saturated heterocycles. The van der Waals surface area contributed by atoms with E-state index >= 15 is 0 Å². The van der Waals surface area contributed by atoms with Crippen molar-refractivity contribution in [1.82, 2.24) is 9.78 Å². The quantitative estimate of drug-likeness (QED) is 0.673. The van der Waals surface area contributed by atoms with Gasteiger partial charge in [-0.3, -0.25) is 14.5 Å². The second-order valence-electron chi connectivity index (χ2n) is 7.54. The van der Waals surface area contributed by atoms with E-state index in [1.807, 2.05) is 25.1 Å². The molecule has 1 N–H and O–H groups in total. The molecular weight excluding hydrogens is 383 g/mol. The Morgan fingerprint density at radius 3 is 2.83 bits per heavy atom. The molecule has 0 fully saturated rings. The summed E-state index contributed by atoms with van der Waals surface area (Å²) in [4.78, 5) is 28.0. The highest BCUT2D eigenvalue weighted by Gasteiger charge is 2.57. The number of nitrogens with one attached hydrogen (secondary N) is 1. The standard InChI is InChI=1S/C23H17FN4O2/c1-3-9-27-19-8-7-14(2)10-17(19)23(22(27)30)12-20(29)26-21-18(23)13-25-28(21)16-6-4-5-15(24)11-16/h1,4-8,10-11,13H,9,12H2,2H3,(H,26,29)/t23-/m0/s1. The predicted molar refractivity (Wildman–Crippen MR) is 110 cm³/mol. The minimum absolute atomic E-state index is 0.0504. The van der Waals surface area contributed by atoms with Gasteiger partial charge in [-0.2, -0.15) is 5.10 Å². The molecule has 5 rings (SSSR count). The average molecular weight is 400 g/mol. The van der Waals surface area contributed by atoms with E-state index in [2.05, 4.69) is 16.3 Å². The lowest BCUT2D eigenvalue weighted by atomic mass is 9.71. The highest BCUT2D eigenvalue weighted by Crippen LogP contribution is 2.52. The lowest BCUT2D eigenvalue weighted by Gasteiger charge is -2.32. The molecule has 0 bridgehead atoms. The van der Waals surface area contributed by atoms with Crippen LogP contribution in [-0.4, -0.2) is 28.1 Å². The lowest BCUT2D eigenvalue weighted by molar-refractivity contribution is -0.126. The molecule has 6 nitrogen and oxygen atoms in total. The van der Waals surface area contributed by atoms with E-state index in [-0.39, 0.29) is 24.8 Å². The van der Waals surface area contributed by atoms with Crippen LogP contribution in [0.15, 0.2) is 48.7 Å². The Labute approximate surface area is 172 Å². The van der Waals surface area contributed by atoms with Crippen LogP contribution in [0, 0.1) is 25.1 Å². The molecule has 2 aromatic carbocycles.